The van der Waals surface area contributed by atoms with Gasteiger partial charge in [-0.3, -0.25) is 14.9 Å². The molecule has 0 amide bonds. The Hall–Kier alpha value is -1.14. The highest BCUT2D eigenvalue weighted by atomic mass is 79.9. The Labute approximate surface area is 105 Å². The summed E-state index contributed by atoms with van der Waals surface area (Å²) in [5.74, 6) is 0.0982. The smallest absolute Gasteiger partial charge is 0.311 e. The van der Waals surface area contributed by atoms with Crippen molar-refractivity contribution in [1.82, 2.24) is 0 Å². The number of carbonyl (C=O) groups excluding carboxylic acids is 1. The number of nitro groups is 1. The summed E-state index contributed by atoms with van der Waals surface area (Å²) >= 11 is 8.38. The van der Waals surface area contributed by atoms with E-state index in [1.807, 2.05) is 0 Å². The van der Waals surface area contributed by atoms with Crippen LogP contribution in [0.1, 0.15) is 17.3 Å². The van der Waals surface area contributed by atoms with E-state index in [2.05, 4.69) is 15.9 Å². The standard InChI is InChI=1S/C9H7BrClNO4/c1-2-16-8-4-6(10)5(9(11)13)3-7(8)12(14)15/h3-4H,2H2,1H3. The molecule has 0 aliphatic carbocycles. The molecule has 0 aliphatic rings. The third-order valence-corrected chi connectivity index (χ3v) is 2.62. The molecule has 0 radical (unpaired) electrons. The van der Waals surface area contributed by atoms with Crippen molar-refractivity contribution in [3.8, 4) is 5.75 Å². The Morgan fingerprint density at radius 3 is 2.69 bits per heavy atom. The largest absolute Gasteiger partial charge is 0.487 e. The van der Waals surface area contributed by atoms with Gasteiger partial charge in [-0.25, -0.2) is 0 Å². The summed E-state index contributed by atoms with van der Waals surface area (Å²) in [7, 11) is 0. The zero-order valence-electron chi connectivity index (χ0n) is 8.20. The van der Waals surface area contributed by atoms with Crippen LogP contribution in [0.15, 0.2) is 16.6 Å². The molecular weight excluding hydrogens is 301 g/mol. The second-order valence-electron chi connectivity index (χ2n) is 2.76. The Bertz CT molecular complexity index is 449. The van der Waals surface area contributed by atoms with E-state index in [0.29, 0.717) is 11.1 Å². The summed E-state index contributed by atoms with van der Waals surface area (Å²) in [6, 6.07) is 2.45. The lowest BCUT2D eigenvalue weighted by Crippen LogP contribution is -2.00. The summed E-state index contributed by atoms with van der Waals surface area (Å²) in [4.78, 5) is 21.1. The molecule has 0 aromatic heterocycles. The minimum Gasteiger partial charge on any atom is -0.487 e. The predicted molar refractivity (Wildman–Crippen MR) is 62.1 cm³/mol. The van der Waals surface area contributed by atoms with E-state index in [-0.39, 0.29) is 17.0 Å². The summed E-state index contributed by atoms with van der Waals surface area (Å²) in [6.45, 7) is 2.00. The van der Waals surface area contributed by atoms with E-state index < -0.39 is 10.2 Å². The van der Waals surface area contributed by atoms with E-state index in [4.69, 9.17) is 16.3 Å². The minimum absolute atomic E-state index is 0.0387. The van der Waals surface area contributed by atoms with E-state index in [1.165, 1.54) is 6.07 Å². The molecule has 0 aliphatic heterocycles. The minimum atomic E-state index is -0.766. The maximum absolute atomic E-state index is 11.0. The number of nitrogens with zero attached hydrogens (tertiary/aromatic N) is 1. The van der Waals surface area contributed by atoms with Crippen LogP contribution >= 0.6 is 27.5 Å². The number of ether oxygens (including phenoxy) is 1. The average Bonchev–Trinajstić information content (AvgIpc) is 2.17. The molecule has 0 saturated carbocycles. The molecule has 0 fully saturated rings. The SMILES string of the molecule is CCOc1cc(Br)c(C(=O)Cl)cc1[N+](=O)[O-]. The van der Waals surface area contributed by atoms with Crippen LogP contribution in [0.25, 0.3) is 0 Å². The molecule has 0 N–H and O–H groups in total. The third-order valence-electron chi connectivity index (χ3n) is 1.76. The zero-order valence-corrected chi connectivity index (χ0v) is 10.5. The van der Waals surface area contributed by atoms with Gasteiger partial charge in [-0.2, -0.15) is 0 Å². The van der Waals surface area contributed by atoms with Crippen molar-refractivity contribution in [3.05, 3.63) is 32.3 Å². The van der Waals surface area contributed by atoms with Gasteiger partial charge in [0, 0.05) is 16.6 Å². The first-order valence-electron chi connectivity index (χ1n) is 4.28. The molecule has 86 valence electrons. The van der Waals surface area contributed by atoms with E-state index in [1.54, 1.807) is 6.92 Å². The van der Waals surface area contributed by atoms with Crippen molar-refractivity contribution in [2.75, 3.05) is 6.61 Å². The summed E-state index contributed by atoms with van der Waals surface area (Å²) in [5.41, 5.74) is -0.245. The summed E-state index contributed by atoms with van der Waals surface area (Å²) in [6.07, 6.45) is 0. The van der Waals surface area contributed by atoms with Crippen molar-refractivity contribution in [2.24, 2.45) is 0 Å². The normalized spacial score (nSPS) is 9.94. The molecule has 1 rings (SSSR count). The van der Waals surface area contributed by atoms with Crippen LogP contribution in [0, 0.1) is 10.1 Å². The third kappa shape index (κ3) is 2.70. The fraction of sp³-hybridized carbons (Fsp3) is 0.222. The van der Waals surface area contributed by atoms with Gasteiger partial charge in [0.05, 0.1) is 17.1 Å². The van der Waals surface area contributed by atoms with Gasteiger partial charge in [0.2, 0.25) is 0 Å². The van der Waals surface area contributed by atoms with Gasteiger partial charge in [-0.05, 0) is 34.5 Å². The highest BCUT2D eigenvalue weighted by molar-refractivity contribution is 9.10. The van der Waals surface area contributed by atoms with E-state index in [0.717, 1.165) is 6.07 Å². The number of rotatable bonds is 4. The fourth-order valence-electron chi connectivity index (χ4n) is 1.11. The van der Waals surface area contributed by atoms with Crippen molar-refractivity contribution in [2.45, 2.75) is 6.92 Å². The topological polar surface area (TPSA) is 69.4 Å². The Balaban J connectivity index is 3.36. The van der Waals surface area contributed by atoms with Crippen molar-refractivity contribution < 1.29 is 14.5 Å². The number of carbonyl (C=O) groups is 1. The van der Waals surface area contributed by atoms with Crippen molar-refractivity contribution >= 4 is 38.5 Å². The first-order chi connectivity index (χ1) is 7.47. The lowest BCUT2D eigenvalue weighted by atomic mass is 10.2. The van der Waals surface area contributed by atoms with Crippen molar-refractivity contribution in [3.63, 3.8) is 0 Å². The molecule has 1 aromatic rings. The van der Waals surface area contributed by atoms with Crippen LogP contribution in [-0.2, 0) is 0 Å². The highest BCUT2D eigenvalue weighted by Gasteiger charge is 2.20. The number of hydrogen-bond donors (Lipinski definition) is 0. The van der Waals surface area contributed by atoms with Crippen LogP contribution in [0.3, 0.4) is 0 Å². The molecule has 0 bridgehead atoms. The first kappa shape index (κ1) is 12.9. The molecule has 0 heterocycles. The average molecular weight is 309 g/mol. The molecule has 0 atom stereocenters. The molecule has 0 unspecified atom stereocenters. The molecular formula is C9H7BrClNO4. The van der Waals surface area contributed by atoms with Gasteiger partial charge in [-0.15, -0.1) is 0 Å². The van der Waals surface area contributed by atoms with Gasteiger partial charge >= 0.3 is 5.69 Å². The maximum atomic E-state index is 11.0. The van der Waals surface area contributed by atoms with Gasteiger partial charge in [0.1, 0.15) is 0 Å². The van der Waals surface area contributed by atoms with Gasteiger partial charge in [-0.1, -0.05) is 0 Å². The lowest BCUT2D eigenvalue weighted by Gasteiger charge is -2.06. The van der Waals surface area contributed by atoms with Gasteiger partial charge in [0.25, 0.3) is 5.24 Å². The van der Waals surface area contributed by atoms with Crippen LogP contribution in [0.2, 0.25) is 0 Å². The molecule has 7 heteroatoms. The second kappa shape index (κ2) is 5.27. The number of nitro benzene ring substituents is 1. The molecule has 1 aromatic carbocycles. The van der Waals surface area contributed by atoms with Crippen LogP contribution in [0.5, 0.6) is 5.75 Å². The fourth-order valence-corrected chi connectivity index (χ4v) is 1.88. The summed E-state index contributed by atoms with van der Waals surface area (Å²) in [5, 5.41) is 9.97. The Kier molecular flexibility index (Phi) is 4.26. The first-order valence-corrected chi connectivity index (χ1v) is 5.45. The summed E-state index contributed by atoms with van der Waals surface area (Å²) < 4.78 is 5.45. The van der Waals surface area contributed by atoms with Gasteiger partial charge in [0.15, 0.2) is 5.75 Å². The number of hydrogen-bond acceptors (Lipinski definition) is 4. The Morgan fingerprint density at radius 1 is 1.62 bits per heavy atom. The predicted octanol–water partition coefficient (Wildman–Crippen LogP) is 3.14. The molecule has 5 nitrogen and oxygen atoms in total. The van der Waals surface area contributed by atoms with Crippen molar-refractivity contribution in [1.29, 1.82) is 0 Å². The monoisotopic (exact) mass is 307 g/mol. The molecule has 0 spiro atoms. The van der Waals surface area contributed by atoms with E-state index >= 15 is 0 Å². The maximum Gasteiger partial charge on any atom is 0.311 e. The van der Waals surface area contributed by atoms with Crippen LogP contribution in [0.4, 0.5) is 5.69 Å². The van der Waals surface area contributed by atoms with E-state index in [9.17, 15) is 14.9 Å². The lowest BCUT2D eigenvalue weighted by molar-refractivity contribution is -0.385. The molecule has 0 saturated heterocycles. The van der Waals surface area contributed by atoms with Crippen LogP contribution < -0.4 is 4.74 Å². The zero-order chi connectivity index (χ0) is 12.3. The number of benzene rings is 1. The van der Waals surface area contributed by atoms with Crippen LogP contribution in [-0.4, -0.2) is 16.8 Å². The second-order valence-corrected chi connectivity index (χ2v) is 3.96. The Morgan fingerprint density at radius 2 is 2.25 bits per heavy atom. The highest BCUT2D eigenvalue weighted by Crippen LogP contribution is 2.33. The molecule has 16 heavy (non-hydrogen) atoms. The number of halogens is 2. The quantitative estimate of drug-likeness (QED) is 0.487. The van der Waals surface area contributed by atoms with Gasteiger partial charge < -0.3 is 4.74 Å².